The Labute approximate surface area is 200 Å². The quantitative estimate of drug-likeness (QED) is 0.169. The molecule has 1 aliphatic rings. The topological polar surface area (TPSA) is 75.2 Å². The summed E-state index contributed by atoms with van der Waals surface area (Å²) in [4.78, 5) is 18.3. The van der Waals surface area contributed by atoms with Crippen molar-refractivity contribution in [1.29, 1.82) is 0 Å². The van der Waals surface area contributed by atoms with Gasteiger partial charge in [0.1, 0.15) is 18.1 Å². The molecular weight excluding hydrogens is 507 g/mol. The van der Waals surface area contributed by atoms with Crippen LogP contribution in [-0.4, -0.2) is 45.2 Å². The van der Waals surface area contributed by atoms with Gasteiger partial charge in [0.2, 0.25) is 0 Å². The van der Waals surface area contributed by atoms with Crippen molar-refractivity contribution >= 4 is 41.5 Å². The molecule has 1 heterocycles. The first-order valence-electron chi connectivity index (χ1n) is 10.0. The number of nitrogens with zero attached hydrogens (tertiary/aromatic N) is 2. The highest BCUT2D eigenvalue weighted by Crippen LogP contribution is 2.31. The summed E-state index contributed by atoms with van der Waals surface area (Å²) >= 11 is 0. The van der Waals surface area contributed by atoms with E-state index in [4.69, 9.17) is 9.47 Å². The standard InChI is InChI=1S/C23H28N4O3.HI/c1-3-15-29-20-11-6-4-9-18(20)16-26-23(24-2)25-13-8-14-27-19-10-5-7-12-21(19)30-17-22(27)28;/h3-7,9-12H,1,8,13-17H2,2H3,(H2,24,25,26);1H. The fourth-order valence-corrected chi connectivity index (χ4v) is 3.18. The van der Waals surface area contributed by atoms with Gasteiger partial charge in [0.05, 0.1) is 5.69 Å². The Balaban J connectivity index is 0.00000341. The van der Waals surface area contributed by atoms with Gasteiger partial charge >= 0.3 is 0 Å². The lowest BCUT2D eigenvalue weighted by atomic mass is 10.2. The lowest BCUT2D eigenvalue weighted by molar-refractivity contribution is -0.121. The maximum absolute atomic E-state index is 12.2. The van der Waals surface area contributed by atoms with Crippen molar-refractivity contribution in [2.45, 2.75) is 13.0 Å². The fourth-order valence-electron chi connectivity index (χ4n) is 3.18. The number of anilines is 1. The second kappa shape index (κ2) is 12.8. The molecule has 2 aromatic carbocycles. The van der Waals surface area contributed by atoms with Crippen molar-refractivity contribution in [2.24, 2.45) is 4.99 Å². The zero-order valence-corrected chi connectivity index (χ0v) is 20.0. The minimum Gasteiger partial charge on any atom is -0.489 e. The Morgan fingerprint density at radius 1 is 1.23 bits per heavy atom. The van der Waals surface area contributed by atoms with Crippen LogP contribution in [0.1, 0.15) is 12.0 Å². The zero-order valence-electron chi connectivity index (χ0n) is 17.7. The van der Waals surface area contributed by atoms with Crippen molar-refractivity contribution in [1.82, 2.24) is 10.6 Å². The van der Waals surface area contributed by atoms with Crippen LogP contribution in [0, 0.1) is 0 Å². The smallest absolute Gasteiger partial charge is 0.265 e. The first-order valence-corrected chi connectivity index (χ1v) is 10.0. The number of fused-ring (bicyclic) bond motifs is 1. The summed E-state index contributed by atoms with van der Waals surface area (Å²) in [5.41, 5.74) is 1.87. The normalized spacial score (nSPS) is 12.9. The number of hydrogen-bond acceptors (Lipinski definition) is 4. The van der Waals surface area contributed by atoms with Crippen molar-refractivity contribution in [3.8, 4) is 11.5 Å². The van der Waals surface area contributed by atoms with E-state index in [9.17, 15) is 4.79 Å². The molecule has 0 atom stereocenters. The van der Waals surface area contributed by atoms with Gasteiger partial charge in [-0.25, -0.2) is 0 Å². The second-order valence-corrected chi connectivity index (χ2v) is 6.72. The summed E-state index contributed by atoms with van der Waals surface area (Å²) in [6.45, 7) is 6.11. The predicted octanol–water partition coefficient (Wildman–Crippen LogP) is 3.35. The molecule has 1 amide bonds. The molecule has 0 unspecified atom stereocenters. The van der Waals surface area contributed by atoms with Gasteiger partial charge < -0.3 is 25.0 Å². The molecule has 2 N–H and O–H groups in total. The molecule has 0 spiro atoms. The summed E-state index contributed by atoms with van der Waals surface area (Å²) in [7, 11) is 1.73. The van der Waals surface area contributed by atoms with Crippen molar-refractivity contribution in [2.75, 3.05) is 38.3 Å². The number of carbonyl (C=O) groups is 1. The number of aliphatic imine (C=N–C) groups is 1. The van der Waals surface area contributed by atoms with Gasteiger partial charge in [-0.05, 0) is 24.6 Å². The third kappa shape index (κ3) is 6.88. The van der Waals surface area contributed by atoms with Crippen molar-refractivity contribution < 1.29 is 14.3 Å². The highest BCUT2D eigenvalue weighted by molar-refractivity contribution is 14.0. The second-order valence-electron chi connectivity index (χ2n) is 6.72. The van der Waals surface area contributed by atoms with Crippen LogP contribution in [0.2, 0.25) is 0 Å². The van der Waals surface area contributed by atoms with E-state index in [1.165, 1.54) is 0 Å². The number of amides is 1. The molecule has 7 nitrogen and oxygen atoms in total. The molecule has 0 saturated heterocycles. The summed E-state index contributed by atoms with van der Waals surface area (Å²) in [5, 5.41) is 6.59. The molecule has 3 rings (SSSR count). The highest BCUT2D eigenvalue weighted by Gasteiger charge is 2.24. The number of benzene rings is 2. The first-order chi connectivity index (χ1) is 14.7. The molecule has 0 radical (unpaired) electrons. The number of para-hydroxylation sites is 3. The number of hydrogen-bond donors (Lipinski definition) is 2. The summed E-state index contributed by atoms with van der Waals surface area (Å²) < 4.78 is 11.2. The lowest BCUT2D eigenvalue weighted by Gasteiger charge is -2.29. The first kappa shape index (κ1) is 24.5. The number of halogens is 1. The van der Waals surface area contributed by atoms with Crippen LogP contribution in [-0.2, 0) is 11.3 Å². The third-order valence-electron chi connectivity index (χ3n) is 4.66. The largest absolute Gasteiger partial charge is 0.489 e. The van der Waals surface area contributed by atoms with Gasteiger partial charge in [-0.2, -0.15) is 0 Å². The predicted molar refractivity (Wildman–Crippen MR) is 135 cm³/mol. The van der Waals surface area contributed by atoms with E-state index < -0.39 is 0 Å². The molecule has 8 heteroatoms. The third-order valence-corrected chi connectivity index (χ3v) is 4.66. The number of rotatable bonds is 9. The summed E-state index contributed by atoms with van der Waals surface area (Å²) in [5.74, 6) is 2.25. The molecule has 0 saturated carbocycles. The summed E-state index contributed by atoms with van der Waals surface area (Å²) in [6, 6.07) is 15.5. The van der Waals surface area contributed by atoms with Gasteiger partial charge in [-0.15, -0.1) is 24.0 Å². The van der Waals surface area contributed by atoms with Gasteiger partial charge in [0.25, 0.3) is 5.91 Å². The minimum absolute atomic E-state index is 0. The molecule has 166 valence electrons. The molecular formula is C23H29IN4O3. The number of ether oxygens (including phenoxy) is 2. The number of nitrogens with one attached hydrogen (secondary N) is 2. The van der Waals surface area contributed by atoms with E-state index in [-0.39, 0.29) is 36.5 Å². The van der Waals surface area contributed by atoms with E-state index in [0.717, 1.165) is 29.2 Å². The van der Waals surface area contributed by atoms with Gasteiger partial charge in [-0.3, -0.25) is 9.79 Å². The van der Waals surface area contributed by atoms with Crippen molar-refractivity contribution in [3.05, 3.63) is 66.7 Å². The van der Waals surface area contributed by atoms with E-state index in [1.54, 1.807) is 18.0 Å². The maximum atomic E-state index is 12.2. The van der Waals surface area contributed by atoms with Crippen LogP contribution >= 0.6 is 24.0 Å². The van der Waals surface area contributed by atoms with Crippen LogP contribution in [0.4, 0.5) is 5.69 Å². The zero-order chi connectivity index (χ0) is 21.2. The maximum Gasteiger partial charge on any atom is 0.265 e. The average Bonchev–Trinajstić information content (AvgIpc) is 2.79. The summed E-state index contributed by atoms with van der Waals surface area (Å²) in [6.07, 6.45) is 2.50. The van der Waals surface area contributed by atoms with Gasteiger partial charge in [0, 0.05) is 32.2 Å². The van der Waals surface area contributed by atoms with E-state index in [2.05, 4.69) is 22.2 Å². The Bertz CT molecular complexity index is 904. The van der Waals surface area contributed by atoms with Crippen LogP contribution < -0.4 is 25.0 Å². The van der Waals surface area contributed by atoms with E-state index in [1.807, 2.05) is 48.5 Å². The molecule has 31 heavy (non-hydrogen) atoms. The minimum atomic E-state index is -0.0210. The Morgan fingerprint density at radius 2 is 2.00 bits per heavy atom. The Hall–Kier alpha value is -2.75. The molecule has 0 aromatic heterocycles. The SMILES string of the molecule is C=CCOc1ccccc1CNC(=NC)NCCCN1C(=O)COc2ccccc21.I. The van der Waals surface area contributed by atoms with E-state index >= 15 is 0 Å². The van der Waals surface area contributed by atoms with Crippen LogP contribution in [0.15, 0.2) is 66.2 Å². The number of carbonyl (C=O) groups excluding carboxylic acids is 1. The Kier molecular flexibility index (Phi) is 10.2. The molecule has 0 aliphatic carbocycles. The van der Waals surface area contributed by atoms with Crippen LogP contribution in [0.25, 0.3) is 0 Å². The molecule has 0 bridgehead atoms. The van der Waals surface area contributed by atoms with Gasteiger partial charge in [0.15, 0.2) is 12.6 Å². The van der Waals surface area contributed by atoms with Crippen molar-refractivity contribution in [3.63, 3.8) is 0 Å². The Morgan fingerprint density at radius 3 is 2.81 bits per heavy atom. The highest BCUT2D eigenvalue weighted by atomic mass is 127. The van der Waals surface area contributed by atoms with E-state index in [0.29, 0.717) is 32.2 Å². The fraction of sp³-hybridized carbons (Fsp3) is 0.304. The number of guanidine groups is 1. The van der Waals surface area contributed by atoms with Crippen LogP contribution in [0.5, 0.6) is 11.5 Å². The molecule has 0 fully saturated rings. The monoisotopic (exact) mass is 536 g/mol. The van der Waals surface area contributed by atoms with Crippen LogP contribution in [0.3, 0.4) is 0 Å². The molecule has 2 aromatic rings. The molecule has 1 aliphatic heterocycles. The lowest BCUT2D eigenvalue weighted by Crippen LogP contribution is -2.42. The van der Waals surface area contributed by atoms with Gasteiger partial charge in [-0.1, -0.05) is 43.0 Å². The average molecular weight is 536 g/mol.